The third-order valence-corrected chi connectivity index (χ3v) is 3.65. The molecule has 3 heteroatoms. The molecule has 0 bridgehead atoms. The lowest BCUT2D eigenvalue weighted by Crippen LogP contribution is -2.45. The van der Waals surface area contributed by atoms with Crippen LogP contribution in [0, 0.1) is 0 Å². The van der Waals surface area contributed by atoms with E-state index in [-0.39, 0.29) is 0 Å². The van der Waals surface area contributed by atoms with Crippen molar-refractivity contribution < 1.29 is 9.47 Å². The minimum atomic E-state index is 0.375. The van der Waals surface area contributed by atoms with E-state index >= 15 is 0 Å². The van der Waals surface area contributed by atoms with Crippen molar-refractivity contribution in [1.29, 1.82) is 0 Å². The lowest BCUT2D eigenvalue weighted by Gasteiger charge is -2.39. The van der Waals surface area contributed by atoms with Crippen molar-refractivity contribution in [3.63, 3.8) is 0 Å². The molecule has 0 aromatic heterocycles. The van der Waals surface area contributed by atoms with Crippen LogP contribution >= 0.6 is 0 Å². The second-order valence-electron chi connectivity index (χ2n) is 5.26. The van der Waals surface area contributed by atoms with Gasteiger partial charge in [-0.3, -0.25) is 0 Å². The van der Waals surface area contributed by atoms with E-state index in [9.17, 15) is 0 Å². The van der Waals surface area contributed by atoms with Crippen molar-refractivity contribution in [2.45, 2.75) is 57.8 Å². The minimum absolute atomic E-state index is 0.375. The molecule has 2 fully saturated rings. The molecule has 3 nitrogen and oxygen atoms in total. The van der Waals surface area contributed by atoms with E-state index in [0.29, 0.717) is 12.2 Å². The van der Waals surface area contributed by atoms with E-state index < -0.39 is 0 Å². The Balaban J connectivity index is 1.71. The van der Waals surface area contributed by atoms with Gasteiger partial charge >= 0.3 is 0 Å². The third kappa shape index (κ3) is 3.44. The lowest BCUT2D eigenvalue weighted by atomic mass is 10.0. The van der Waals surface area contributed by atoms with Gasteiger partial charge in [0.05, 0.1) is 12.2 Å². The summed E-state index contributed by atoms with van der Waals surface area (Å²) in [6.07, 6.45) is 5.71. The maximum atomic E-state index is 5.88. The fraction of sp³-hybridized carbons (Fsp3) is 1.00. The molecule has 0 radical (unpaired) electrons. The van der Waals surface area contributed by atoms with Gasteiger partial charge in [-0.05, 0) is 39.5 Å². The highest BCUT2D eigenvalue weighted by atomic mass is 16.5. The van der Waals surface area contributed by atoms with Crippen LogP contribution in [0.5, 0.6) is 0 Å². The van der Waals surface area contributed by atoms with Gasteiger partial charge in [-0.1, -0.05) is 0 Å². The second kappa shape index (κ2) is 5.99. The SMILES string of the molecule is CC(C)OC1CCN(C2CCOCC2)CC1. The van der Waals surface area contributed by atoms with Gasteiger partial charge in [-0.25, -0.2) is 0 Å². The van der Waals surface area contributed by atoms with Crippen molar-refractivity contribution in [2.75, 3.05) is 26.3 Å². The number of likely N-dealkylation sites (tertiary alicyclic amines) is 1. The number of hydrogen-bond donors (Lipinski definition) is 0. The molecule has 2 heterocycles. The van der Waals surface area contributed by atoms with Gasteiger partial charge in [-0.15, -0.1) is 0 Å². The molecular formula is C13H25NO2. The molecule has 2 aliphatic rings. The van der Waals surface area contributed by atoms with Crippen LogP contribution in [-0.4, -0.2) is 49.5 Å². The number of piperidine rings is 1. The predicted octanol–water partition coefficient (Wildman–Crippen LogP) is 2.05. The largest absolute Gasteiger partial charge is 0.381 e. The van der Waals surface area contributed by atoms with E-state index in [4.69, 9.17) is 9.47 Å². The summed E-state index contributed by atoms with van der Waals surface area (Å²) in [6, 6.07) is 0.772. The molecule has 0 aromatic carbocycles. The van der Waals surface area contributed by atoms with Crippen LogP contribution in [0.3, 0.4) is 0 Å². The molecule has 0 N–H and O–H groups in total. The molecule has 0 aliphatic carbocycles. The highest BCUT2D eigenvalue weighted by molar-refractivity contribution is 4.80. The maximum absolute atomic E-state index is 5.88. The van der Waals surface area contributed by atoms with Crippen molar-refractivity contribution in [1.82, 2.24) is 4.90 Å². The molecule has 0 saturated carbocycles. The first-order valence-electron chi connectivity index (χ1n) is 6.73. The Bertz CT molecular complexity index is 194. The molecule has 0 unspecified atom stereocenters. The zero-order valence-corrected chi connectivity index (χ0v) is 10.7. The summed E-state index contributed by atoms with van der Waals surface area (Å²) >= 11 is 0. The summed E-state index contributed by atoms with van der Waals surface area (Å²) in [5, 5.41) is 0. The predicted molar refractivity (Wildman–Crippen MR) is 64.7 cm³/mol. The molecule has 0 aromatic rings. The number of nitrogens with zero attached hydrogens (tertiary/aromatic N) is 1. The molecule has 0 atom stereocenters. The molecule has 2 saturated heterocycles. The second-order valence-corrected chi connectivity index (χ2v) is 5.26. The maximum Gasteiger partial charge on any atom is 0.0603 e. The molecular weight excluding hydrogens is 202 g/mol. The number of ether oxygens (including phenoxy) is 2. The van der Waals surface area contributed by atoms with Crippen LogP contribution in [0.1, 0.15) is 39.5 Å². The van der Waals surface area contributed by atoms with Crippen LogP contribution in [0.4, 0.5) is 0 Å². The first-order chi connectivity index (χ1) is 7.75. The summed E-state index contributed by atoms with van der Waals surface area (Å²) in [7, 11) is 0. The first-order valence-corrected chi connectivity index (χ1v) is 6.73. The average molecular weight is 227 g/mol. The van der Waals surface area contributed by atoms with Gasteiger partial charge in [0.2, 0.25) is 0 Å². The van der Waals surface area contributed by atoms with Crippen molar-refractivity contribution in [3.05, 3.63) is 0 Å². The topological polar surface area (TPSA) is 21.7 Å². The van der Waals surface area contributed by atoms with Gasteiger partial charge in [0.25, 0.3) is 0 Å². The van der Waals surface area contributed by atoms with E-state index in [1.165, 1.54) is 38.8 Å². The molecule has 16 heavy (non-hydrogen) atoms. The Kier molecular flexibility index (Phi) is 4.62. The summed E-state index contributed by atoms with van der Waals surface area (Å²) in [6.45, 7) is 8.58. The quantitative estimate of drug-likeness (QED) is 0.736. The normalized spacial score (nSPS) is 26.4. The van der Waals surface area contributed by atoms with Crippen molar-refractivity contribution in [2.24, 2.45) is 0 Å². The average Bonchev–Trinajstić information content (AvgIpc) is 2.30. The third-order valence-electron chi connectivity index (χ3n) is 3.65. The fourth-order valence-corrected chi connectivity index (χ4v) is 2.81. The summed E-state index contributed by atoms with van der Waals surface area (Å²) in [4.78, 5) is 2.64. The van der Waals surface area contributed by atoms with Crippen LogP contribution in [0.15, 0.2) is 0 Å². The summed E-state index contributed by atoms with van der Waals surface area (Å²) < 4.78 is 11.3. The highest BCUT2D eigenvalue weighted by Crippen LogP contribution is 2.21. The van der Waals surface area contributed by atoms with E-state index in [1.54, 1.807) is 0 Å². The van der Waals surface area contributed by atoms with E-state index in [1.807, 2.05) is 0 Å². The lowest BCUT2D eigenvalue weighted by molar-refractivity contribution is -0.0442. The van der Waals surface area contributed by atoms with Crippen LogP contribution in [0.25, 0.3) is 0 Å². The van der Waals surface area contributed by atoms with E-state index in [2.05, 4.69) is 18.7 Å². The van der Waals surface area contributed by atoms with Gasteiger partial charge < -0.3 is 14.4 Å². The Hall–Kier alpha value is -0.120. The monoisotopic (exact) mass is 227 g/mol. The highest BCUT2D eigenvalue weighted by Gasteiger charge is 2.26. The van der Waals surface area contributed by atoms with Gasteiger partial charge in [-0.2, -0.15) is 0 Å². The molecule has 2 rings (SSSR count). The summed E-state index contributed by atoms with van der Waals surface area (Å²) in [5.74, 6) is 0. The Morgan fingerprint density at radius 1 is 1.06 bits per heavy atom. The number of rotatable bonds is 3. The van der Waals surface area contributed by atoms with Gasteiger partial charge in [0, 0.05) is 32.3 Å². The minimum Gasteiger partial charge on any atom is -0.381 e. The zero-order valence-electron chi connectivity index (χ0n) is 10.7. The molecule has 0 spiro atoms. The Labute approximate surface area is 99.1 Å². The molecule has 94 valence electrons. The first kappa shape index (κ1) is 12.3. The fourth-order valence-electron chi connectivity index (χ4n) is 2.81. The zero-order chi connectivity index (χ0) is 11.4. The van der Waals surface area contributed by atoms with Crippen LogP contribution in [0.2, 0.25) is 0 Å². The van der Waals surface area contributed by atoms with Crippen LogP contribution in [-0.2, 0) is 9.47 Å². The van der Waals surface area contributed by atoms with Crippen LogP contribution < -0.4 is 0 Å². The van der Waals surface area contributed by atoms with Gasteiger partial charge in [0.1, 0.15) is 0 Å². The molecule has 0 amide bonds. The van der Waals surface area contributed by atoms with E-state index in [0.717, 1.165) is 19.3 Å². The van der Waals surface area contributed by atoms with Crippen molar-refractivity contribution in [3.8, 4) is 0 Å². The van der Waals surface area contributed by atoms with Crippen molar-refractivity contribution >= 4 is 0 Å². The van der Waals surface area contributed by atoms with Gasteiger partial charge in [0.15, 0.2) is 0 Å². The Morgan fingerprint density at radius 2 is 1.69 bits per heavy atom. The Morgan fingerprint density at radius 3 is 2.25 bits per heavy atom. The smallest absolute Gasteiger partial charge is 0.0603 e. The summed E-state index contributed by atoms with van der Waals surface area (Å²) in [5.41, 5.74) is 0. The standard InChI is InChI=1S/C13H25NO2/c1-11(2)16-13-3-7-14(8-4-13)12-5-9-15-10-6-12/h11-13H,3-10H2,1-2H3. The number of hydrogen-bond acceptors (Lipinski definition) is 3. The molecule has 2 aliphatic heterocycles.